The van der Waals surface area contributed by atoms with E-state index in [2.05, 4.69) is 14.8 Å². The number of hydrogen-bond acceptors (Lipinski definition) is 7. The number of ether oxygens (including phenoxy) is 3. The van der Waals surface area contributed by atoms with Crippen molar-refractivity contribution in [3.63, 3.8) is 0 Å². The van der Waals surface area contributed by atoms with E-state index in [9.17, 15) is 27.6 Å². The number of nitrogens with zero attached hydrogens (tertiary/aromatic N) is 1. The summed E-state index contributed by atoms with van der Waals surface area (Å²) in [5, 5.41) is 2.39. The lowest BCUT2D eigenvalue weighted by Gasteiger charge is -2.32. The van der Waals surface area contributed by atoms with E-state index >= 15 is 0 Å². The van der Waals surface area contributed by atoms with Crippen LogP contribution in [0.5, 0.6) is 0 Å². The van der Waals surface area contributed by atoms with Gasteiger partial charge in [-0.15, -0.1) is 0 Å². The predicted molar refractivity (Wildman–Crippen MR) is 90.1 cm³/mol. The largest absolute Gasteiger partial charge is 0.466 e. The Balaban J connectivity index is 2.72. The number of benzene rings is 1. The number of amides is 1. The van der Waals surface area contributed by atoms with Crippen LogP contribution in [-0.2, 0) is 34.8 Å². The van der Waals surface area contributed by atoms with Gasteiger partial charge >= 0.3 is 18.1 Å². The second-order valence-corrected chi connectivity index (χ2v) is 5.63. The minimum absolute atomic E-state index is 0.0170. The number of alkyl halides is 3. The molecule has 1 aliphatic rings. The highest BCUT2D eigenvalue weighted by molar-refractivity contribution is 6.04. The Labute approximate surface area is 157 Å². The summed E-state index contributed by atoms with van der Waals surface area (Å²) in [7, 11) is 2.13. The summed E-state index contributed by atoms with van der Waals surface area (Å²) in [6, 6.07) is 2.56. The molecule has 1 aliphatic heterocycles. The summed E-state index contributed by atoms with van der Waals surface area (Å²) in [5.41, 5.74) is -1.81. The van der Waals surface area contributed by atoms with Crippen LogP contribution in [0.25, 0.3) is 0 Å². The molecule has 1 amide bonds. The standard InChI is InChI=1S/C17H17F3N2O6/c1-9(23)21-12-5-4-10(17(18,19)20)6-13(12)22-8-28-7-11(15(24)26-2)14(22)16(25)27-3/h4-6H,7-8H2,1-3H3,(H,21,23). The van der Waals surface area contributed by atoms with Gasteiger partial charge in [-0.25, -0.2) is 9.59 Å². The molecule has 1 heterocycles. The Kier molecular flexibility index (Phi) is 6.29. The van der Waals surface area contributed by atoms with Crippen molar-refractivity contribution in [1.29, 1.82) is 0 Å². The van der Waals surface area contributed by atoms with Gasteiger partial charge in [0.2, 0.25) is 5.91 Å². The molecule has 0 bridgehead atoms. The van der Waals surface area contributed by atoms with E-state index in [0.717, 1.165) is 37.3 Å². The SMILES string of the molecule is COC(=O)C1=C(C(=O)OC)N(c2cc(C(F)(F)F)ccc2NC(C)=O)COC1. The summed E-state index contributed by atoms with van der Waals surface area (Å²) in [6.07, 6.45) is -4.68. The molecular formula is C17H17F3N2O6. The van der Waals surface area contributed by atoms with Gasteiger partial charge in [-0.2, -0.15) is 13.2 Å². The summed E-state index contributed by atoms with van der Waals surface area (Å²) in [6.45, 7) is 0.506. The highest BCUT2D eigenvalue weighted by atomic mass is 19.4. The van der Waals surface area contributed by atoms with E-state index < -0.39 is 29.6 Å². The highest BCUT2D eigenvalue weighted by Gasteiger charge is 2.36. The van der Waals surface area contributed by atoms with Crippen LogP contribution < -0.4 is 10.2 Å². The van der Waals surface area contributed by atoms with Gasteiger partial charge in [0.1, 0.15) is 12.4 Å². The van der Waals surface area contributed by atoms with E-state index in [1.54, 1.807) is 0 Å². The number of methoxy groups -OCH3 is 2. The fourth-order valence-corrected chi connectivity index (χ4v) is 2.56. The molecule has 0 aromatic heterocycles. The van der Waals surface area contributed by atoms with Crippen molar-refractivity contribution in [3.8, 4) is 0 Å². The van der Waals surface area contributed by atoms with Gasteiger partial charge < -0.3 is 24.4 Å². The monoisotopic (exact) mass is 402 g/mol. The third kappa shape index (κ3) is 4.42. The lowest BCUT2D eigenvalue weighted by atomic mass is 10.1. The van der Waals surface area contributed by atoms with Crippen molar-refractivity contribution in [1.82, 2.24) is 0 Å². The molecule has 28 heavy (non-hydrogen) atoms. The van der Waals surface area contributed by atoms with Crippen molar-refractivity contribution in [2.45, 2.75) is 13.1 Å². The zero-order valence-electron chi connectivity index (χ0n) is 15.2. The Morgan fingerprint density at radius 3 is 2.32 bits per heavy atom. The van der Waals surface area contributed by atoms with Crippen LogP contribution in [0.15, 0.2) is 29.5 Å². The van der Waals surface area contributed by atoms with E-state index in [4.69, 9.17) is 4.74 Å². The number of rotatable bonds is 4. The van der Waals surface area contributed by atoms with Crippen LogP contribution in [-0.4, -0.2) is 45.4 Å². The second kappa shape index (κ2) is 8.30. The zero-order chi connectivity index (χ0) is 21.1. The van der Waals surface area contributed by atoms with E-state index in [0.29, 0.717) is 0 Å². The van der Waals surface area contributed by atoms with Gasteiger partial charge in [-0.1, -0.05) is 0 Å². The van der Waals surface area contributed by atoms with Crippen molar-refractivity contribution >= 4 is 29.2 Å². The molecule has 11 heteroatoms. The molecule has 152 valence electrons. The first-order valence-corrected chi connectivity index (χ1v) is 7.84. The van der Waals surface area contributed by atoms with Gasteiger partial charge in [0.15, 0.2) is 0 Å². The molecule has 0 unspecified atom stereocenters. The normalized spacial score (nSPS) is 14.6. The van der Waals surface area contributed by atoms with Gasteiger partial charge in [0, 0.05) is 6.92 Å². The third-order valence-corrected chi connectivity index (χ3v) is 3.76. The number of carbonyl (C=O) groups is 3. The van der Waals surface area contributed by atoms with Gasteiger partial charge in [-0.3, -0.25) is 4.79 Å². The Morgan fingerprint density at radius 1 is 1.14 bits per heavy atom. The van der Waals surface area contributed by atoms with Gasteiger partial charge in [0.05, 0.1) is 43.3 Å². The van der Waals surface area contributed by atoms with E-state index in [1.807, 2.05) is 0 Å². The predicted octanol–water partition coefficient (Wildman–Crippen LogP) is 2.06. The number of anilines is 2. The summed E-state index contributed by atoms with van der Waals surface area (Å²) in [5.74, 6) is -2.43. The molecule has 0 saturated heterocycles. The average molecular weight is 402 g/mol. The van der Waals surface area contributed by atoms with E-state index in [1.165, 1.54) is 6.92 Å². The lowest BCUT2D eigenvalue weighted by Crippen LogP contribution is -2.39. The van der Waals surface area contributed by atoms with Crippen molar-refractivity contribution in [2.24, 2.45) is 0 Å². The van der Waals surface area contributed by atoms with Crippen molar-refractivity contribution in [2.75, 3.05) is 37.8 Å². The molecule has 1 aromatic rings. The van der Waals surface area contributed by atoms with Crippen LogP contribution in [0, 0.1) is 0 Å². The molecule has 0 fully saturated rings. The molecule has 0 radical (unpaired) electrons. The highest BCUT2D eigenvalue weighted by Crippen LogP contribution is 2.38. The Morgan fingerprint density at radius 2 is 1.79 bits per heavy atom. The second-order valence-electron chi connectivity index (χ2n) is 5.63. The summed E-state index contributed by atoms with van der Waals surface area (Å²) in [4.78, 5) is 36.8. The fraction of sp³-hybridized carbons (Fsp3) is 0.353. The molecular weight excluding hydrogens is 385 g/mol. The third-order valence-electron chi connectivity index (χ3n) is 3.76. The minimum atomic E-state index is -4.68. The Bertz CT molecular complexity index is 835. The molecule has 1 aromatic carbocycles. The smallest absolute Gasteiger partial charge is 0.416 e. The summed E-state index contributed by atoms with van der Waals surface area (Å²) >= 11 is 0. The molecule has 0 aliphatic carbocycles. The maximum Gasteiger partial charge on any atom is 0.416 e. The maximum atomic E-state index is 13.2. The molecule has 1 N–H and O–H groups in total. The first kappa shape index (κ1) is 21.2. The zero-order valence-corrected chi connectivity index (χ0v) is 15.2. The number of halogens is 3. The maximum absolute atomic E-state index is 13.2. The number of nitrogens with one attached hydrogen (secondary N) is 1. The van der Waals surface area contributed by atoms with Crippen LogP contribution in [0.1, 0.15) is 12.5 Å². The van der Waals surface area contributed by atoms with Crippen molar-refractivity contribution in [3.05, 3.63) is 35.0 Å². The van der Waals surface area contributed by atoms with E-state index in [-0.39, 0.29) is 36.0 Å². The fourth-order valence-electron chi connectivity index (χ4n) is 2.56. The molecule has 0 atom stereocenters. The average Bonchev–Trinajstić information content (AvgIpc) is 2.65. The van der Waals surface area contributed by atoms with Crippen LogP contribution in [0.3, 0.4) is 0 Å². The molecule has 0 spiro atoms. The quantitative estimate of drug-likeness (QED) is 0.771. The van der Waals surface area contributed by atoms with Crippen molar-refractivity contribution < 1.29 is 41.8 Å². The first-order valence-electron chi connectivity index (χ1n) is 7.84. The number of carbonyl (C=O) groups excluding carboxylic acids is 3. The molecule has 8 nitrogen and oxygen atoms in total. The topological polar surface area (TPSA) is 94.2 Å². The molecule has 2 rings (SSSR count). The van der Waals surface area contributed by atoms with Crippen LogP contribution >= 0.6 is 0 Å². The number of hydrogen-bond donors (Lipinski definition) is 1. The Hall–Kier alpha value is -3.08. The van der Waals surface area contributed by atoms with Gasteiger partial charge in [-0.05, 0) is 18.2 Å². The van der Waals surface area contributed by atoms with Crippen LogP contribution in [0.2, 0.25) is 0 Å². The molecule has 0 saturated carbocycles. The first-order chi connectivity index (χ1) is 13.1. The van der Waals surface area contributed by atoms with Crippen LogP contribution in [0.4, 0.5) is 24.5 Å². The number of esters is 2. The van der Waals surface area contributed by atoms with Gasteiger partial charge in [0.25, 0.3) is 0 Å². The minimum Gasteiger partial charge on any atom is -0.466 e. The summed E-state index contributed by atoms with van der Waals surface area (Å²) < 4.78 is 54.1. The lowest BCUT2D eigenvalue weighted by molar-refractivity contribution is -0.140.